The molecule has 1 aliphatic heterocycles. The van der Waals surface area contributed by atoms with E-state index in [0.717, 1.165) is 71.0 Å². The van der Waals surface area contributed by atoms with E-state index in [-0.39, 0.29) is 6.09 Å². The summed E-state index contributed by atoms with van der Waals surface area (Å²) >= 11 is 0. The van der Waals surface area contributed by atoms with Crippen LogP contribution in [0.4, 0.5) is 4.79 Å². The van der Waals surface area contributed by atoms with Gasteiger partial charge in [0.25, 0.3) is 0 Å². The fraction of sp³-hybridized carbons (Fsp3) is 0.895. The fourth-order valence-corrected chi connectivity index (χ4v) is 2.93. The van der Waals surface area contributed by atoms with Gasteiger partial charge in [-0.3, -0.25) is 4.99 Å². The average Bonchev–Trinajstić information content (AvgIpc) is 2.57. The third-order valence-corrected chi connectivity index (χ3v) is 4.14. The van der Waals surface area contributed by atoms with Crippen molar-refractivity contribution in [1.82, 2.24) is 15.5 Å². The van der Waals surface area contributed by atoms with Gasteiger partial charge in [-0.05, 0) is 59.3 Å². The number of nitrogens with zero attached hydrogens (tertiary/aromatic N) is 2. The van der Waals surface area contributed by atoms with Crippen molar-refractivity contribution in [2.75, 3.05) is 46.4 Å². The van der Waals surface area contributed by atoms with E-state index in [0.29, 0.717) is 5.92 Å². The second-order valence-corrected chi connectivity index (χ2v) is 7.76. The molecule has 1 amide bonds. The number of rotatable bonds is 8. The summed E-state index contributed by atoms with van der Waals surface area (Å²) in [5, 5.41) is 6.65. The normalized spacial score (nSPS) is 18.6. The van der Waals surface area contributed by atoms with Crippen LogP contribution >= 0.6 is 0 Å². The number of piperidine rings is 1. The molecule has 1 saturated heterocycles. The van der Waals surface area contributed by atoms with Crippen molar-refractivity contribution in [2.45, 2.75) is 59.0 Å². The topological polar surface area (TPSA) is 75.2 Å². The molecule has 1 aliphatic rings. The van der Waals surface area contributed by atoms with Crippen molar-refractivity contribution in [2.24, 2.45) is 10.9 Å². The number of ether oxygens (including phenoxy) is 2. The van der Waals surface area contributed by atoms with Gasteiger partial charge in [-0.25, -0.2) is 4.79 Å². The Morgan fingerprint density at radius 1 is 1.31 bits per heavy atom. The Morgan fingerprint density at radius 2 is 2.08 bits per heavy atom. The second-order valence-electron chi connectivity index (χ2n) is 7.76. The Kier molecular flexibility index (Phi) is 10.4. The molecule has 0 aliphatic carbocycles. The molecule has 1 atom stereocenters. The highest BCUT2D eigenvalue weighted by atomic mass is 16.6. The number of methoxy groups -OCH3 is 1. The number of aliphatic imine (C=N–C) groups is 1. The van der Waals surface area contributed by atoms with E-state index in [1.807, 2.05) is 25.7 Å². The van der Waals surface area contributed by atoms with Crippen molar-refractivity contribution in [3.63, 3.8) is 0 Å². The quantitative estimate of drug-likeness (QED) is 0.390. The molecule has 1 heterocycles. The molecule has 0 spiro atoms. The van der Waals surface area contributed by atoms with Crippen LogP contribution in [0, 0.1) is 5.92 Å². The minimum Gasteiger partial charge on any atom is -0.444 e. The average molecular weight is 371 g/mol. The molecular formula is C19H38N4O3. The van der Waals surface area contributed by atoms with Crippen LogP contribution in [-0.2, 0) is 9.47 Å². The molecule has 0 radical (unpaired) electrons. The molecule has 7 heteroatoms. The van der Waals surface area contributed by atoms with E-state index in [4.69, 9.17) is 9.47 Å². The molecule has 1 rings (SSSR count). The molecule has 0 aromatic carbocycles. The van der Waals surface area contributed by atoms with E-state index >= 15 is 0 Å². The van der Waals surface area contributed by atoms with Crippen LogP contribution in [0.15, 0.2) is 4.99 Å². The Balaban J connectivity index is 2.37. The van der Waals surface area contributed by atoms with E-state index in [1.165, 1.54) is 0 Å². The van der Waals surface area contributed by atoms with Crippen LogP contribution in [0.25, 0.3) is 0 Å². The highest BCUT2D eigenvalue weighted by molar-refractivity contribution is 5.79. The maximum atomic E-state index is 12.2. The molecule has 1 fully saturated rings. The van der Waals surface area contributed by atoms with Gasteiger partial charge in [-0.2, -0.15) is 0 Å². The van der Waals surface area contributed by atoms with E-state index in [1.54, 1.807) is 7.11 Å². The predicted octanol–water partition coefficient (Wildman–Crippen LogP) is 2.62. The SMILES string of the molecule is CCNC(=NCCCOC)NCCC1CCCN(C(=O)OC(C)(C)C)C1. The van der Waals surface area contributed by atoms with Crippen molar-refractivity contribution in [1.29, 1.82) is 0 Å². The third-order valence-electron chi connectivity index (χ3n) is 4.14. The van der Waals surface area contributed by atoms with Gasteiger partial charge in [-0.15, -0.1) is 0 Å². The van der Waals surface area contributed by atoms with Crippen molar-refractivity contribution in [3.8, 4) is 0 Å². The van der Waals surface area contributed by atoms with Crippen LogP contribution < -0.4 is 10.6 Å². The van der Waals surface area contributed by atoms with Gasteiger partial charge < -0.3 is 25.0 Å². The lowest BCUT2D eigenvalue weighted by molar-refractivity contribution is 0.0162. The first kappa shape index (κ1) is 22.5. The molecule has 0 saturated carbocycles. The monoisotopic (exact) mass is 370 g/mol. The third kappa shape index (κ3) is 9.85. The Morgan fingerprint density at radius 3 is 2.73 bits per heavy atom. The summed E-state index contributed by atoms with van der Waals surface area (Å²) in [5.74, 6) is 1.35. The van der Waals surface area contributed by atoms with Gasteiger partial charge in [0.15, 0.2) is 5.96 Å². The van der Waals surface area contributed by atoms with Crippen molar-refractivity contribution in [3.05, 3.63) is 0 Å². The van der Waals surface area contributed by atoms with Crippen LogP contribution in [0.2, 0.25) is 0 Å². The molecule has 1 unspecified atom stereocenters. The van der Waals surface area contributed by atoms with Gasteiger partial charge in [-0.1, -0.05) is 0 Å². The highest BCUT2D eigenvalue weighted by Crippen LogP contribution is 2.21. The zero-order chi connectivity index (χ0) is 19.4. The number of guanidine groups is 1. The maximum absolute atomic E-state index is 12.2. The first-order chi connectivity index (χ1) is 12.4. The lowest BCUT2D eigenvalue weighted by Gasteiger charge is -2.34. The minimum atomic E-state index is -0.439. The van der Waals surface area contributed by atoms with Gasteiger partial charge in [0.2, 0.25) is 0 Å². The van der Waals surface area contributed by atoms with Crippen LogP contribution in [0.3, 0.4) is 0 Å². The Labute approximate surface area is 158 Å². The predicted molar refractivity (Wildman–Crippen MR) is 106 cm³/mol. The van der Waals surface area contributed by atoms with E-state index < -0.39 is 5.60 Å². The summed E-state index contributed by atoms with van der Waals surface area (Å²) in [4.78, 5) is 18.6. The van der Waals surface area contributed by atoms with E-state index in [9.17, 15) is 4.79 Å². The van der Waals surface area contributed by atoms with Gasteiger partial charge in [0.05, 0.1) is 0 Å². The number of carbonyl (C=O) groups is 1. The summed E-state index contributed by atoms with van der Waals surface area (Å²) in [6.07, 6.45) is 3.93. The lowest BCUT2D eigenvalue weighted by Crippen LogP contribution is -2.44. The van der Waals surface area contributed by atoms with Gasteiger partial charge in [0.1, 0.15) is 5.60 Å². The van der Waals surface area contributed by atoms with Crippen LogP contribution in [-0.4, -0.2) is 69.0 Å². The maximum Gasteiger partial charge on any atom is 0.410 e. The molecule has 0 bridgehead atoms. The Bertz CT molecular complexity index is 435. The van der Waals surface area contributed by atoms with Crippen molar-refractivity contribution >= 4 is 12.1 Å². The summed E-state index contributed by atoms with van der Waals surface area (Å²) in [6.45, 7) is 12.5. The molecule has 26 heavy (non-hydrogen) atoms. The first-order valence-corrected chi connectivity index (χ1v) is 9.84. The molecule has 7 nitrogen and oxygen atoms in total. The summed E-state index contributed by atoms with van der Waals surface area (Å²) in [5.41, 5.74) is -0.439. The van der Waals surface area contributed by atoms with Gasteiger partial charge in [0, 0.05) is 46.4 Å². The summed E-state index contributed by atoms with van der Waals surface area (Å²) in [7, 11) is 1.71. The first-order valence-electron chi connectivity index (χ1n) is 9.84. The van der Waals surface area contributed by atoms with Crippen LogP contribution in [0.5, 0.6) is 0 Å². The zero-order valence-electron chi connectivity index (χ0n) is 17.3. The number of amides is 1. The molecule has 152 valence electrons. The summed E-state index contributed by atoms with van der Waals surface area (Å²) < 4.78 is 10.5. The molecular weight excluding hydrogens is 332 g/mol. The molecule has 2 N–H and O–H groups in total. The number of hydrogen-bond donors (Lipinski definition) is 2. The number of carbonyl (C=O) groups excluding carboxylic acids is 1. The number of nitrogens with one attached hydrogen (secondary N) is 2. The van der Waals surface area contributed by atoms with Crippen LogP contribution in [0.1, 0.15) is 53.4 Å². The Hall–Kier alpha value is -1.50. The molecule has 0 aromatic heterocycles. The number of hydrogen-bond acceptors (Lipinski definition) is 4. The molecule has 0 aromatic rings. The minimum absolute atomic E-state index is 0.191. The van der Waals surface area contributed by atoms with Crippen molar-refractivity contribution < 1.29 is 14.3 Å². The fourth-order valence-electron chi connectivity index (χ4n) is 2.93. The largest absolute Gasteiger partial charge is 0.444 e. The zero-order valence-corrected chi connectivity index (χ0v) is 17.3. The number of likely N-dealkylation sites (tertiary alicyclic amines) is 1. The van der Waals surface area contributed by atoms with Gasteiger partial charge >= 0.3 is 6.09 Å². The highest BCUT2D eigenvalue weighted by Gasteiger charge is 2.27. The smallest absolute Gasteiger partial charge is 0.410 e. The summed E-state index contributed by atoms with van der Waals surface area (Å²) in [6, 6.07) is 0. The lowest BCUT2D eigenvalue weighted by atomic mass is 9.95. The second kappa shape index (κ2) is 12.0. The van der Waals surface area contributed by atoms with E-state index in [2.05, 4.69) is 22.5 Å². The standard InChI is InChI=1S/C19H38N4O3/c1-6-20-17(21-11-8-14-25-5)22-12-10-16-9-7-13-23(15-16)18(24)26-19(2,3)4/h16H,6-15H2,1-5H3,(H2,20,21,22).